The molecule has 2 bridgehead atoms. The number of anilines is 1. The van der Waals surface area contributed by atoms with Crippen LogP contribution in [0.15, 0.2) is 24.3 Å². The molecule has 5 nitrogen and oxygen atoms in total. The first kappa shape index (κ1) is 16.4. The number of nitrogens with zero attached hydrogens (tertiary/aromatic N) is 1. The number of halogens is 1. The Labute approximate surface area is 147 Å². The Hall–Kier alpha value is -2.11. The summed E-state index contributed by atoms with van der Waals surface area (Å²) in [4.78, 5) is 26.7. The Bertz CT molecular complexity index is 662. The molecule has 25 heavy (non-hydrogen) atoms. The molecular formula is C19H24FN3O2. The van der Waals surface area contributed by atoms with Crippen LogP contribution in [0, 0.1) is 11.7 Å². The lowest BCUT2D eigenvalue weighted by molar-refractivity contribution is -0.123. The maximum absolute atomic E-state index is 13.8. The highest BCUT2D eigenvalue weighted by Gasteiger charge is 2.42. The van der Waals surface area contributed by atoms with Gasteiger partial charge in [-0.05, 0) is 57.1 Å². The summed E-state index contributed by atoms with van der Waals surface area (Å²) in [5.74, 6) is -0.0397. The number of benzene rings is 1. The van der Waals surface area contributed by atoms with Crippen molar-refractivity contribution >= 4 is 17.6 Å². The molecular weight excluding hydrogens is 321 g/mol. The van der Waals surface area contributed by atoms with Crippen molar-refractivity contribution in [3.63, 3.8) is 0 Å². The molecule has 134 valence electrons. The van der Waals surface area contributed by atoms with Gasteiger partial charge >= 0.3 is 6.03 Å². The molecule has 2 N–H and O–H groups in total. The minimum atomic E-state index is -0.424. The molecule has 6 heteroatoms. The van der Waals surface area contributed by atoms with Gasteiger partial charge in [-0.25, -0.2) is 9.18 Å². The third kappa shape index (κ3) is 3.48. The molecule has 0 aromatic heterocycles. The third-order valence-electron chi connectivity index (χ3n) is 5.62. The number of rotatable bonds is 3. The number of piperidine rings is 2. The fourth-order valence-electron chi connectivity index (χ4n) is 4.24. The lowest BCUT2D eigenvalue weighted by Crippen LogP contribution is -2.59. The number of carbonyl (C=O) groups is 2. The van der Waals surface area contributed by atoms with Gasteiger partial charge in [0.15, 0.2) is 0 Å². The molecule has 1 saturated carbocycles. The number of nitrogens with one attached hydrogen (secondary N) is 2. The first-order valence-corrected chi connectivity index (χ1v) is 9.26. The van der Waals surface area contributed by atoms with Crippen molar-refractivity contribution in [2.75, 3.05) is 5.32 Å². The maximum Gasteiger partial charge on any atom is 0.322 e. The average Bonchev–Trinajstić information content (AvgIpc) is 3.41. The second-order valence-corrected chi connectivity index (χ2v) is 7.51. The van der Waals surface area contributed by atoms with Gasteiger partial charge < -0.3 is 15.5 Å². The van der Waals surface area contributed by atoms with Crippen LogP contribution in [0.1, 0.15) is 44.9 Å². The standard InChI is InChI=1S/C19H24FN3O2/c20-16-6-1-2-7-17(16)22-19(25)23-14-4-3-5-15(23)11-13(10-14)21-18(24)12-8-9-12/h1-2,6-7,12-15H,3-5,8-11H2,(H,21,24)(H,22,25)/t14-,15-/m1/s1. The Kier molecular flexibility index (Phi) is 4.36. The molecule has 3 fully saturated rings. The molecule has 0 spiro atoms. The minimum Gasteiger partial charge on any atom is -0.353 e. The molecule has 1 aromatic carbocycles. The predicted molar refractivity (Wildman–Crippen MR) is 92.6 cm³/mol. The number of carbonyl (C=O) groups excluding carboxylic acids is 2. The summed E-state index contributed by atoms with van der Waals surface area (Å²) < 4.78 is 13.8. The number of urea groups is 1. The highest BCUT2D eigenvalue weighted by Crippen LogP contribution is 2.36. The summed E-state index contributed by atoms with van der Waals surface area (Å²) >= 11 is 0. The number of para-hydroxylation sites is 1. The molecule has 2 aliphatic heterocycles. The quantitative estimate of drug-likeness (QED) is 0.883. The molecule has 2 atom stereocenters. The maximum atomic E-state index is 13.8. The van der Waals surface area contributed by atoms with Gasteiger partial charge in [-0.2, -0.15) is 0 Å². The molecule has 3 aliphatic rings. The van der Waals surface area contributed by atoms with Crippen molar-refractivity contribution < 1.29 is 14.0 Å². The molecule has 0 unspecified atom stereocenters. The summed E-state index contributed by atoms with van der Waals surface area (Å²) in [7, 11) is 0. The van der Waals surface area contributed by atoms with Crippen LogP contribution in [0.4, 0.5) is 14.9 Å². The van der Waals surface area contributed by atoms with Crippen LogP contribution in [0.2, 0.25) is 0 Å². The zero-order chi connectivity index (χ0) is 17.4. The van der Waals surface area contributed by atoms with E-state index in [0.717, 1.165) is 44.9 Å². The van der Waals surface area contributed by atoms with E-state index in [0.29, 0.717) is 0 Å². The Morgan fingerprint density at radius 3 is 2.36 bits per heavy atom. The molecule has 1 aliphatic carbocycles. The van der Waals surface area contributed by atoms with E-state index in [2.05, 4.69) is 10.6 Å². The highest BCUT2D eigenvalue weighted by molar-refractivity contribution is 5.90. The Morgan fingerprint density at radius 1 is 1.04 bits per heavy atom. The minimum absolute atomic E-state index is 0.115. The molecule has 3 amide bonds. The largest absolute Gasteiger partial charge is 0.353 e. The molecule has 1 aromatic rings. The monoisotopic (exact) mass is 345 g/mol. The van der Waals surface area contributed by atoms with Gasteiger partial charge in [0.05, 0.1) is 5.69 Å². The highest BCUT2D eigenvalue weighted by atomic mass is 19.1. The van der Waals surface area contributed by atoms with E-state index in [4.69, 9.17) is 0 Å². The van der Waals surface area contributed by atoms with Crippen molar-refractivity contribution in [3.05, 3.63) is 30.1 Å². The van der Waals surface area contributed by atoms with E-state index in [1.54, 1.807) is 18.2 Å². The van der Waals surface area contributed by atoms with Crippen molar-refractivity contribution in [1.82, 2.24) is 10.2 Å². The van der Waals surface area contributed by atoms with E-state index in [9.17, 15) is 14.0 Å². The first-order valence-electron chi connectivity index (χ1n) is 9.26. The summed E-state index contributed by atoms with van der Waals surface area (Å²) in [6.45, 7) is 0. The van der Waals surface area contributed by atoms with Crippen LogP contribution in [-0.2, 0) is 4.79 Å². The second-order valence-electron chi connectivity index (χ2n) is 7.51. The van der Waals surface area contributed by atoms with Crippen LogP contribution in [-0.4, -0.2) is 35.0 Å². The van der Waals surface area contributed by atoms with E-state index in [1.807, 2.05) is 4.90 Å². The smallest absolute Gasteiger partial charge is 0.322 e. The van der Waals surface area contributed by atoms with Gasteiger partial charge in [-0.15, -0.1) is 0 Å². The Morgan fingerprint density at radius 2 is 1.72 bits per heavy atom. The van der Waals surface area contributed by atoms with E-state index in [-0.39, 0.29) is 41.7 Å². The van der Waals surface area contributed by atoms with Crippen LogP contribution >= 0.6 is 0 Å². The van der Waals surface area contributed by atoms with Gasteiger partial charge in [0.25, 0.3) is 0 Å². The average molecular weight is 345 g/mol. The number of hydrogen-bond donors (Lipinski definition) is 2. The summed E-state index contributed by atoms with van der Waals surface area (Å²) in [5, 5.41) is 5.89. The lowest BCUT2D eigenvalue weighted by Gasteiger charge is -2.48. The zero-order valence-corrected chi connectivity index (χ0v) is 14.2. The summed E-state index contributed by atoms with van der Waals surface area (Å²) in [6.07, 6.45) is 6.57. The van der Waals surface area contributed by atoms with Crippen LogP contribution in [0.25, 0.3) is 0 Å². The second kappa shape index (κ2) is 6.65. The predicted octanol–water partition coefficient (Wildman–Crippen LogP) is 3.27. The van der Waals surface area contributed by atoms with E-state index in [1.165, 1.54) is 6.07 Å². The topological polar surface area (TPSA) is 61.4 Å². The van der Waals surface area contributed by atoms with Crippen LogP contribution in [0.3, 0.4) is 0 Å². The van der Waals surface area contributed by atoms with Crippen molar-refractivity contribution in [2.45, 2.75) is 63.1 Å². The molecule has 4 rings (SSSR count). The van der Waals surface area contributed by atoms with Gasteiger partial charge in [0.2, 0.25) is 5.91 Å². The van der Waals surface area contributed by atoms with Gasteiger partial charge in [-0.1, -0.05) is 12.1 Å². The number of amides is 3. The van der Waals surface area contributed by atoms with Gasteiger partial charge in [0.1, 0.15) is 5.82 Å². The first-order chi connectivity index (χ1) is 12.1. The fraction of sp³-hybridized carbons (Fsp3) is 0.579. The van der Waals surface area contributed by atoms with E-state index < -0.39 is 5.82 Å². The van der Waals surface area contributed by atoms with E-state index >= 15 is 0 Å². The van der Waals surface area contributed by atoms with Gasteiger partial charge in [-0.3, -0.25) is 4.79 Å². The third-order valence-corrected chi connectivity index (χ3v) is 5.62. The zero-order valence-electron chi connectivity index (χ0n) is 14.2. The summed E-state index contributed by atoms with van der Waals surface area (Å²) in [5.41, 5.74) is 0.217. The number of fused-ring (bicyclic) bond motifs is 2. The van der Waals surface area contributed by atoms with Crippen molar-refractivity contribution in [1.29, 1.82) is 0 Å². The molecule has 0 radical (unpaired) electrons. The Balaban J connectivity index is 1.43. The molecule has 2 heterocycles. The van der Waals surface area contributed by atoms with Crippen LogP contribution < -0.4 is 10.6 Å². The summed E-state index contributed by atoms with van der Waals surface area (Å²) in [6, 6.07) is 6.38. The lowest BCUT2D eigenvalue weighted by atomic mass is 9.82. The normalized spacial score (nSPS) is 28.4. The van der Waals surface area contributed by atoms with Crippen molar-refractivity contribution in [3.8, 4) is 0 Å². The van der Waals surface area contributed by atoms with Gasteiger partial charge in [0, 0.05) is 24.0 Å². The number of hydrogen-bond acceptors (Lipinski definition) is 2. The van der Waals surface area contributed by atoms with Crippen LogP contribution in [0.5, 0.6) is 0 Å². The fourth-order valence-corrected chi connectivity index (χ4v) is 4.24. The molecule has 2 saturated heterocycles. The SMILES string of the molecule is O=C(NC1C[C@H]2CCC[C@H](C1)N2C(=O)Nc1ccccc1F)C1CC1. The van der Waals surface area contributed by atoms with Crippen molar-refractivity contribution in [2.24, 2.45) is 5.92 Å².